The van der Waals surface area contributed by atoms with Crippen molar-refractivity contribution < 1.29 is 4.79 Å². The van der Waals surface area contributed by atoms with Gasteiger partial charge in [-0.05, 0) is 12.8 Å². The average Bonchev–Trinajstić information content (AvgIpc) is 2.59. The lowest BCUT2D eigenvalue weighted by atomic mass is 9.95. The number of rotatable bonds is 2. The SMILES string of the molecule is O=C(c1cncs1)C1CCCCCC1. The second-order valence-corrected chi connectivity index (χ2v) is 4.80. The van der Waals surface area contributed by atoms with E-state index in [1.165, 1.54) is 37.0 Å². The minimum Gasteiger partial charge on any atom is -0.293 e. The van der Waals surface area contributed by atoms with Gasteiger partial charge < -0.3 is 0 Å². The third-order valence-electron chi connectivity index (χ3n) is 2.90. The van der Waals surface area contributed by atoms with E-state index in [0.29, 0.717) is 5.78 Å². The fraction of sp³-hybridized carbons (Fsp3) is 0.636. The molecule has 0 unspecified atom stereocenters. The van der Waals surface area contributed by atoms with Gasteiger partial charge in [0.15, 0.2) is 5.78 Å². The molecule has 0 amide bonds. The predicted octanol–water partition coefficient (Wildman–Crippen LogP) is 3.30. The highest BCUT2D eigenvalue weighted by Gasteiger charge is 2.21. The number of aromatic nitrogens is 1. The number of hydrogen-bond acceptors (Lipinski definition) is 3. The van der Waals surface area contributed by atoms with Crippen molar-refractivity contribution in [3.05, 3.63) is 16.6 Å². The van der Waals surface area contributed by atoms with Crippen LogP contribution in [0.15, 0.2) is 11.7 Å². The minimum atomic E-state index is 0.276. The summed E-state index contributed by atoms with van der Waals surface area (Å²) in [5.41, 5.74) is 1.74. The van der Waals surface area contributed by atoms with Gasteiger partial charge in [0.2, 0.25) is 0 Å². The zero-order chi connectivity index (χ0) is 9.80. The zero-order valence-corrected chi connectivity index (χ0v) is 9.05. The van der Waals surface area contributed by atoms with E-state index in [0.717, 1.165) is 17.7 Å². The maximum absolute atomic E-state index is 12.0. The molecule has 2 rings (SSSR count). The Kier molecular flexibility index (Phi) is 3.30. The summed E-state index contributed by atoms with van der Waals surface area (Å²) in [6, 6.07) is 0. The molecule has 2 nitrogen and oxygen atoms in total. The van der Waals surface area contributed by atoms with Crippen molar-refractivity contribution in [3.8, 4) is 0 Å². The molecule has 1 aliphatic carbocycles. The first-order valence-corrected chi connectivity index (χ1v) is 6.18. The van der Waals surface area contributed by atoms with Crippen LogP contribution in [-0.2, 0) is 0 Å². The van der Waals surface area contributed by atoms with Gasteiger partial charge in [-0.1, -0.05) is 25.7 Å². The molecular formula is C11H15NOS. The number of ketones is 1. The normalized spacial score (nSPS) is 19.1. The number of carbonyl (C=O) groups is 1. The summed E-state index contributed by atoms with van der Waals surface area (Å²) in [6.07, 6.45) is 8.90. The number of nitrogens with zero attached hydrogens (tertiary/aromatic N) is 1. The van der Waals surface area contributed by atoms with E-state index in [1.54, 1.807) is 11.7 Å². The highest BCUT2D eigenvalue weighted by atomic mass is 32.1. The highest BCUT2D eigenvalue weighted by molar-refractivity contribution is 7.11. The number of carbonyl (C=O) groups excluding carboxylic acids is 1. The van der Waals surface area contributed by atoms with Gasteiger partial charge in [-0.2, -0.15) is 0 Å². The van der Waals surface area contributed by atoms with E-state index in [2.05, 4.69) is 4.98 Å². The molecule has 1 aromatic rings. The first-order valence-electron chi connectivity index (χ1n) is 5.30. The summed E-state index contributed by atoms with van der Waals surface area (Å²) in [6.45, 7) is 0. The fourth-order valence-electron chi connectivity index (χ4n) is 2.08. The van der Waals surface area contributed by atoms with Gasteiger partial charge in [0.05, 0.1) is 10.4 Å². The summed E-state index contributed by atoms with van der Waals surface area (Å²) in [7, 11) is 0. The Morgan fingerprint density at radius 1 is 1.29 bits per heavy atom. The lowest BCUT2D eigenvalue weighted by molar-refractivity contribution is 0.0912. The number of Topliss-reactive ketones (excluding diaryl/α,β-unsaturated/α-hetero) is 1. The van der Waals surface area contributed by atoms with E-state index in [4.69, 9.17) is 0 Å². The van der Waals surface area contributed by atoms with Crippen LogP contribution < -0.4 is 0 Å². The molecule has 76 valence electrons. The molecule has 3 heteroatoms. The lowest BCUT2D eigenvalue weighted by Crippen LogP contribution is -2.12. The predicted molar refractivity (Wildman–Crippen MR) is 57.6 cm³/mol. The van der Waals surface area contributed by atoms with Gasteiger partial charge in [-0.3, -0.25) is 9.78 Å². The largest absolute Gasteiger partial charge is 0.293 e. The van der Waals surface area contributed by atoms with Gasteiger partial charge >= 0.3 is 0 Å². The smallest absolute Gasteiger partial charge is 0.177 e. The first-order chi connectivity index (χ1) is 6.88. The van der Waals surface area contributed by atoms with Crippen molar-refractivity contribution in [3.63, 3.8) is 0 Å². The van der Waals surface area contributed by atoms with Crippen LogP contribution in [0.2, 0.25) is 0 Å². The molecule has 0 atom stereocenters. The monoisotopic (exact) mass is 209 g/mol. The maximum atomic E-state index is 12.0. The molecule has 0 saturated heterocycles. The third-order valence-corrected chi connectivity index (χ3v) is 3.69. The molecule has 0 radical (unpaired) electrons. The highest BCUT2D eigenvalue weighted by Crippen LogP contribution is 2.26. The Balaban J connectivity index is 2.03. The molecule has 1 saturated carbocycles. The van der Waals surface area contributed by atoms with Crippen LogP contribution >= 0.6 is 11.3 Å². The number of thiazole rings is 1. The van der Waals surface area contributed by atoms with Crippen LogP contribution in [0.3, 0.4) is 0 Å². The summed E-state index contributed by atoms with van der Waals surface area (Å²) in [5.74, 6) is 0.604. The molecule has 0 bridgehead atoms. The zero-order valence-electron chi connectivity index (χ0n) is 8.24. The van der Waals surface area contributed by atoms with Crippen LogP contribution in [0.4, 0.5) is 0 Å². The minimum absolute atomic E-state index is 0.276. The molecule has 0 spiro atoms. The Morgan fingerprint density at radius 3 is 2.57 bits per heavy atom. The molecule has 1 aromatic heterocycles. The van der Waals surface area contributed by atoms with Crippen LogP contribution in [0, 0.1) is 5.92 Å². The van der Waals surface area contributed by atoms with E-state index >= 15 is 0 Å². The third kappa shape index (κ3) is 2.21. The quantitative estimate of drug-likeness (QED) is 0.552. The van der Waals surface area contributed by atoms with Crippen molar-refractivity contribution in [2.24, 2.45) is 5.92 Å². The summed E-state index contributed by atoms with van der Waals surface area (Å²) in [5, 5.41) is 0. The Morgan fingerprint density at radius 2 is 2.00 bits per heavy atom. The summed E-state index contributed by atoms with van der Waals surface area (Å²) in [4.78, 5) is 16.8. The molecule has 1 fully saturated rings. The second-order valence-electron chi connectivity index (χ2n) is 3.92. The van der Waals surface area contributed by atoms with E-state index in [-0.39, 0.29) is 5.92 Å². The standard InChI is InChI=1S/C11H15NOS/c13-11(10-7-12-8-14-10)9-5-3-1-2-4-6-9/h7-9H,1-6H2. The molecule has 1 aliphatic rings. The van der Waals surface area contributed by atoms with Crippen LogP contribution in [0.1, 0.15) is 48.2 Å². The van der Waals surface area contributed by atoms with E-state index in [1.807, 2.05) is 0 Å². The van der Waals surface area contributed by atoms with E-state index in [9.17, 15) is 4.79 Å². The van der Waals surface area contributed by atoms with Crippen LogP contribution in [0.25, 0.3) is 0 Å². The van der Waals surface area contributed by atoms with Crippen LogP contribution in [-0.4, -0.2) is 10.8 Å². The molecule has 0 aliphatic heterocycles. The van der Waals surface area contributed by atoms with Gasteiger partial charge in [0.25, 0.3) is 0 Å². The van der Waals surface area contributed by atoms with Crippen molar-refractivity contribution >= 4 is 17.1 Å². The topological polar surface area (TPSA) is 30.0 Å². The average molecular weight is 209 g/mol. The van der Waals surface area contributed by atoms with Gasteiger partial charge in [-0.15, -0.1) is 11.3 Å². The summed E-state index contributed by atoms with van der Waals surface area (Å²) >= 11 is 1.47. The van der Waals surface area contributed by atoms with Gasteiger partial charge in [0.1, 0.15) is 0 Å². The fourth-order valence-corrected chi connectivity index (χ4v) is 2.72. The second kappa shape index (κ2) is 4.69. The molecule has 1 heterocycles. The molecule has 14 heavy (non-hydrogen) atoms. The Bertz CT molecular complexity index is 286. The summed E-state index contributed by atoms with van der Waals surface area (Å²) < 4.78 is 0. The first kappa shape index (κ1) is 9.84. The molecular weight excluding hydrogens is 194 g/mol. The van der Waals surface area contributed by atoms with Crippen molar-refractivity contribution in [2.75, 3.05) is 0 Å². The molecule has 0 aromatic carbocycles. The Labute approximate surface area is 88.4 Å². The van der Waals surface area contributed by atoms with E-state index < -0.39 is 0 Å². The van der Waals surface area contributed by atoms with Crippen molar-refractivity contribution in [2.45, 2.75) is 38.5 Å². The van der Waals surface area contributed by atoms with Crippen molar-refractivity contribution in [1.29, 1.82) is 0 Å². The molecule has 0 N–H and O–H groups in total. The lowest BCUT2D eigenvalue weighted by Gasteiger charge is -2.10. The van der Waals surface area contributed by atoms with Crippen molar-refractivity contribution in [1.82, 2.24) is 4.98 Å². The van der Waals surface area contributed by atoms with Crippen LogP contribution in [0.5, 0.6) is 0 Å². The van der Waals surface area contributed by atoms with Gasteiger partial charge in [-0.25, -0.2) is 0 Å². The number of hydrogen-bond donors (Lipinski definition) is 0. The Hall–Kier alpha value is -0.700. The maximum Gasteiger partial charge on any atom is 0.177 e. The van der Waals surface area contributed by atoms with Gasteiger partial charge in [0, 0.05) is 12.1 Å².